The first kappa shape index (κ1) is 25.5. The molecule has 0 bridgehead atoms. The minimum atomic E-state index is 0.0516. The van der Waals surface area contributed by atoms with Gasteiger partial charge in [0.05, 0.1) is 0 Å². The fourth-order valence-corrected chi connectivity index (χ4v) is 10.7. The molecule has 2 nitrogen and oxygen atoms in total. The van der Waals surface area contributed by atoms with Crippen LogP contribution in [0.25, 0.3) is 0 Å². The van der Waals surface area contributed by atoms with Gasteiger partial charge in [-0.15, -0.1) is 0 Å². The van der Waals surface area contributed by atoms with Crippen molar-refractivity contribution in [2.45, 2.75) is 44.9 Å². The van der Waals surface area contributed by atoms with Gasteiger partial charge >= 0.3 is 262 Å². The number of anilines is 5. The molecule has 4 heteroatoms. The van der Waals surface area contributed by atoms with Crippen LogP contribution in [0.5, 0.6) is 0 Å². The molecule has 3 aliphatic heterocycles. The summed E-state index contributed by atoms with van der Waals surface area (Å²) in [7, 11) is 0. The molecule has 208 valence electrons. The van der Waals surface area contributed by atoms with E-state index in [9.17, 15) is 0 Å². The number of rotatable bonds is 2. The summed E-state index contributed by atoms with van der Waals surface area (Å²) < 4.78 is 3.02. The first-order valence-corrected chi connectivity index (χ1v) is 17.3. The molecule has 0 aromatic heterocycles. The van der Waals surface area contributed by atoms with Crippen LogP contribution in [0.4, 0.5) is 28.4 Å². The van der Waals surface area contributed by atoms with Gasteiger partial charge in [-0.3, -0.25) is 0 Å². The Labute approximate surface area is 261 Å². The molecule has 0 fully saturated rings. The van der Waals surface area contributed by atoms with Crippen LogP contribution in [0.2, 0.25) is 0 Å². The Hall–Kier alpha value is -3.98. The Morgan fingerprint density at radius 2 is 1.35 bits per heavy atom. The Bertz CT molecular complexity index is 1960. The molecule has 9 rings (SSSR count). The van der Waals surface area contributed by atoms with Crippen LogP contribution in [0.3, 0.4) is 0 Å². The predicted molar refractivity (Wildman–Crippen MR) is 184 cm³/mol. The van der Waals surface area contributed by atoms with Crippen LogP contribution in [0.15, 0.2) is 127 Å². The fraction of sp³-hybridized carbons (Fsp3) is 0.179. The average Bonchev–Trinajstić information content (AvgIpc) is 3.05. The van der Waals surface area contributed by atoms with E-state index in [1.54, 1.807) is 5.57 Å². The standard InChI is InChI=1S/C39H33BN2Se/c1-39(2)28-15-6-9-18-32(28)42(33-19-10-7-16-29(33)39)27-23-24-30-35(25-27)41(26-13-4-3-5-14-26)34-20-12-22-37-38(34)40(30)31-17-8-11-21-36(31)43-37/h3-6,8-9,11-15,17-18,20-25H,7,10,16,19H2,1-2H3. The Morgan fingerprint density at radius 3 is 2.26 bits per heavy atom. The van der Waals surface area contributed by atoms with E-state index in [0.717, 1.165) is 6.42 Å². The molecule has 0 saturated carbocycles. The van der Waals surface area contributed by atoms with Crippen molar-refractivity contribution >= 4 is 75.4 Å². The van der Waals surface area contributed by atoms with E-state index in [4.69, 9.17) is 0 Å². The number of para-hydroxylation sites is 2. The normalized spacial score (nSPS) is 17.5. The number of hydrogen-bond donors (Lipinski definition) is 0. The van der Waals surface area contributed by atoms with Gasteiger partial charge in [0.2, 0.25) is 0 Å². The molecule has 3 heterocycles. The van der Waals surface area contributed by atoms with E-state index in [0.29, 0.717) is 15.0 Å². The second-order valence-electron chi connectivity index (χ2n) is 12.8. The predicted octanol–water partition coefficient (Wildman–Crippen LogP) is 6.21. The molecule has 5 aromatic carbocycles. The van der Waals surface area contributed by atoms with Crippen molar-refractivity contribution in [2.24, 2.45) is 0 Å². The summed E-state index contributed by atoms with van der Waals surface area (Å²) in [5.41, 5.74) is 15.4. The van der Waals surface area contributed by atoms with Gasteiger partial charge in [0.15, 0.2) is 0 Å². The molecule has 0 unspecified atom stereocenters. The van der Waals surface area contributed by atoms with E-state index >= 15 is 0 Å². The van der Waals surface area contributed by atoms with Crippen molar-refractivity contribution < 1.29 is 0 Å². The summed E-state index contributed by atoms with van der Waals surface area (Å²) in [5.74, 6) is 0. The Morgan fingerprint density at radius 1 is 0.605 bits per heavy atom. The third-order valence-corrected chi connectivity index (χ3v) is 12.6. The molecule has 0 spiro atoms. The third-order valence-electron chi connectivity index (χ3n) is 10.1. The van der Waals surface area contributed by atoms with Crippen LogP contribution in [0, 0.1) is 0 Å². The van der Waals surface area contributed by atoms with Gasteiger partial charge in [-0.2, -0.15) is 0 Å². The first-order chi connectivity index (χ1) is 21.1. The second-order valence-corrected chi connectivity index (χ2v) is 15.1. The molecule has 5 aromatic rings. The van der Waals surface area contributed by atoms with E-state index in [1.807, 2.05) is 0 Å². The SMILES string of the molecule is CC1(C)C2=C(CCCC2)N(c2ccc3c(c2)N(c2ccccc2)c2cccc4c2B3c2ccccc2[Se]4)c2ccccc21. The summed E-state index contributed by atoms with van der Waals surface area (Å²) in [5, 5.41) is 0. The van der Waals surface area contributed by atoms with Crippen molar-refractivity contribution in [2.75, 3.05) is 9.80 Å². The molecule has 0 saturated heterocycles. The number of hydrogen-bond acceptors (Lipinski definition) is 2. The van der Waals surface area contributed by atoms with Crippen LogP contribution < -0.4 is 35.1 Å². The van der Waals surface area contributed by atoms with Crippen molar-refractivity contribution in [3.63, 3.8) is 0 Å². The van der Waals surface area contributed by atoms with Gasteiger partial charge in [-0.1, -0.05) is 0 Å². The van der Waals surface area contributed by atoms with E-state index in [-0.39, 0.29) is 12.1 Å². The van der Waals surface area contributed by atoms with Crippen molar-refractivity contribution in [1.29, 1.82) is 0 Å². The van der Waals surface area contributed by atoms with Gasteiger partial charge < -0.3 is 0 Å². The van der Waals surface area contributed by atoms with Crippen molar-refractivity contribution in [3.8, 4) is 0 Å². The minimum absolute atomic E-state index is 0.0516. The molecule has 0 amide bonds. The zero-order valence-electron chi connectivity index (χ0n) is 24.7. The number of allylic oxidation sites excluding steroid dienone is 2. The topological polar surface area (TPSA) is 6.48 Å². The molecular formula is C39H33BN2Se. The van der Waals surface area contributed by atoms with Crippen molar-refractivity contribution in [1.82, 2.24) is 0 Å². The van der Waals surface area contributed by atoms with E-state index < -0.39 is 0 Å². The van der Waals surface area contributed by atoms with Gasteiger partial charge in [0.25, 0.3) is 0 Å². The zero-order chi connectivity index (χ0) is 28.7. The maximum absolute atomic E-state index is 2.61. The van der Waals surface area contributed by atoms with Crippen LogP contribution in [-0.2, 0) is 5.41 Å². The number of benzene rings is 5. The molecule has 0 N–H and O–H groups in total. The van der Waals surface area contributed by atoms with Gasteiger partial charge in [-0.05, 0) is 0 Å². The number of nitrogens with zero attached hydrogens (tertiary/aromatic N) is 2. The molecule has 4 aliphatic rings. The first-order valence-electron chi connectivity index (χ1n) is 15.6. The summed E-state index contributed by atoms with van der Waals surface area (Å²) in [6.07, 6.45) is 4.86. The summed E-state index contributed by atoms with van der Waals surface area (Å²) >= 11 is 0.298. The van der Waals surface area contributed by atoms with Crippen LogP contribution in [-0.4, -0.2) is 21.7 Å². The molecule has 1 aliphatic carbocycles. The molecular weight excluding hydrogens is 586 g/mol. The summed E-state index contributed by atoms with van der Waals surface area (Å²) in [6.45, 7) is 5.12. The molecule has 0 atom stereocenters. The Balaban J connectivity index is 1.31. The maximum atomic E-state index is 2.61. The fourth-order valence-electron chi connectivity index (χ4n) is 8.22. The van der Waals surface area contributed by atoms with Crippen LogP contribution in [0.1, 0.15) is 45.1 Å². The third kappa shape index (κ3) is 3.67. The summed E-state index contributed by atoms with van der Waals surface area (Å²) in [6, 6.07) is 43.6. The number of fused-ring (bicyclic) bond motifs is 5. The van der Waals surface area contributed by atoms with Gasteiger partial charge in [0.1, 0.15) is 0 Å². The zero-order valence-corrected chi connectivity index (χ0v) is 26.4. The second kappa shape index (κ2) is 9.51. The quantitative estimate of drug-likeness (QED) is 0.213. The van der Waals surface area contributed by atoms with Gasteiger partial charge in [-0.25, -0.2) is 0 Å². The summed E-state index contributed by atoms with van der Waals surface area (Å²) in [4.78, 5) is 5.15. The average molecular weight is 619 g/mol. The van der Waals surface area contributed by atoms with Crippen molar-refractivity contribution in [3.05, 3.63) is 132 Å². The van der Waals surface area contributed by atoms with E-state index in [2.05, 4.69) is 139 Å². The molecule has 0 radical (unpaired) electrons. The van der Waals surface area contributed by atoms with E-state index in [1.165, 1.54) is 84.3 Å². The Kier molecular flexibility index (Phi) is 5.64. The van der Waals surface area contributed by atoms with Crippen LogP contribution >= 0.6 is 0 Å². The monoisotopic (exact) mass is 620 g/mol. The van der Waals surface area contributed by atoms with Gasteiger partial charge in [0, 0.05) is 0 Å². The molecule has 43 heavy (non-hydrogen) atoms.